The number of rotatable bonds is 5. The molecule has 0 N–H and O–H groups in total. The number of amides is 2. The van der Waals surface area contributed by atoms with E-state index in [4.69, 9.17) is 0 Å². The Kier molecular flexibility index (Phi) is 7.42. The van der Waals surface area contributed by atoms with Crippen LogP contribution in [0.25, 0.3) is 0 Å². The number of benzene rings is 2. The molecule has 2 aromatic carbocycles. The number of hydrogen-bond donors (Lipinski definition) is 0. The van der Waals surface area contributed by atoms with Gasteiger partial charge in [0.1, 0.15) is 0 Å². The number of hydrogen-bond acceptors (Lipinski definition) is 3. The Morgan fingerprint density at radius 2 is 1.47 bits per heavy atom. The summed E-state index contributed by atoms with van der Waals surface area (Å²) >= 11 is 1.89. The van der Waals surface area contributed by atoms with Gasteiger partial charge in [-0.05, 0) is 66.5 Å². The van der Waals surface area contributed by atoms with E-state index in [1.54, 1.807) is 0 Å². The van der Waals surface area contributed by atoms with E-state index in [9.17, 15) is 9.59 Å². The third kappa shape index (κ3) is 5.19. The van der Waals surface area contributed by atoms with Crippen LogP contribution >= 0.6 is 11.8 Å². The molecular weight excluding hydrogens is 440 g/mol. The van der Waals surface area contributed by atoms with Gasteiger partial charge in [0.05, 0.1) is 4.87 Å². The Labute approximate surface area is 209 Å². The van der Waals surface area contributed by atoms with Crippen LogP contribution in [-0.4, -0.2) is 51.9 Å². The topological polar surface area (TPSA) is 40.6 Å². The fourth-order valence-corrected chi connectivity index (χ4v) is 6.47. The summed E-state index contributed by atoms with van der Waals surface area (Å²) in [7, 11) is 0. The summed E-state index contributed by atoms with van der Waals surface area (Å²) < 4.78 is 0. The van der Waals surface area contributed by atoms with Gasteiger partial charge in [0, 0.05) is 36.5 Å². The second-order valence-corrected chi connectivity index (χ2v) is 12.1. The fourth-order valence-electron chi connectivity index (χ4n) is 5.01. The molecule has 2 amide bonds. The van der Waals surface area contributed by atoms with Gasteiger partial charge in [0.15, 0.2) is 0 Å². The molecule has 1 spiro atoms. The van der Waals surface area contributed by atoms with Crippen LogP contribution in [-0.2, 0) is 11.8 Å². The first-order chi connectivity index (χ1) is 16.2. The minimum atomic E-state index is -0.194. The molecular formula is C29H38N2O2S. The smallest absolute Gasteiger partial charge is 0.254 e. The van der Waals surface area contributed by atoms with Crippen LogP contribution in [0.3, 0.4) is 0 Å². The Morgan fingerprint density at radius 3 is 2.06 bits per heavy atom. The minimum absolute atomic E-state index is 0.0709. The lowest BCUT2D eigenvalue weighted by molar-refractivity contribution is 0.0497. The second kappa shape index (κ2) is 10.2. The molecule has 0 aliphatic carbocycles. The minimum Gasteiger partial charge on any atom is -0.338 e. The summed E-state index contributed by atoms with van der Waals surface area (Å²) in [5, 5.41) is 0. The maximum atomic E-state index is 13.5. The number of thioether (sulfide) groups is 1. The average Bonchev–Trinajstić information content (AvgIpc) is 3.25. The quantitative estimate of drug-likeness (QED) is 0.518. The second-order valence-electron chi connectivity index (χ2n) is 10.7. The first kappa shape index (κ1) is 24.8. The molecule has 0 aromatic heterocycles. The van der Waals surface area contributed by atoms with E-state index < -0.39 is 0 Å². The van der Waals surface area contributed by atoms with E-state index >= 15 is 0 Å². The molecule has 2 aliphatic rings. The summed E-state index contributed by atoms with van der Waals surface area (Å²) in [5.41, 5.74) is 4.13. The SMILES string of the molecule is CCCCc1ccc(C(=O)N2CCC3(CC2)SCCN3C(=O)c2ccc(C(C)(C)C)cc2)cc1. The zero-order valence-electron chi connectivity index (χ0n) is 21.1. The van der Waals surface area contributed by atoms with E-state index in [0.29, 0.717) is 13.1 Å². The van der Waals surface area contributed by atoms with Gasteiger partial charge in [0.25, 0.3) is 11.8 Å². The molecule has 0 unspecified atom stereocenters. The zero-order chi connectivity index (χ0) is 24.3. The molecule has 4 rings (SSSR count). The van der Waals surface area contributed by atoms with Crippen molar-refractivity contribution >= 4 is 23.6 Å². The Balaban J connectivity index is 1.40. The van der Waals surface area contributed by atoms with E-state index in [2.05, 4.69) is 56.9 Å². The molecule has 2 fully saturated rings. The lowest BCUT2D eigenvalue weighted by atomic mass is 9.86. The lowest BCUT2D eigenvalue weighted by Crippen LogP contribution is -2.53. The average molecular weight is 479 g/mol. The van der Waals surface area contributed by atoms with Crippen molar-refractivity contribution in [3.05, 3.63) is 70.8 Å². The molecule has 5 heteroatoms. The molecule has 0 radical (unpaired) electrons. The number of piperidine rings is 1. The van der Waals surface area contributed by atoms with E-state index in [-0.39, 0.29) is 22.1 Å². The summed E-state index contributed by atoms with van der Waals surface area (Å²) in [5.74, 6) is 1.18. The highest BCUT2D eigenvalue weighted by Crippen LogP contribution is 2.44. The standard InChI is InChI=1S/C29H38N2O2S/c1-5-6-7-22-8-10-23(11-9-22)26(32)30-18-16-29(17-19-30)31(20-21-34-29)27(33)24-12-14-25(15-13-24)28(2,3)4/h8-15H,5-7,16-21H2,1-4H3. The summed E-state index contributed by atoms with van der Waals surface area (Å²) in [6.07, 6.45) is 5.07. The van der Waals surface area contributed by atoms with Crippen molar-refractivity contribution in [3.8, 4) is 0 Å². The number of nitrogens with zero attached hydrogens (tertiary/aromatic N) is 2. The van der Waals surface area contributed by atoms with Gasteiger partial charge in [0.2, 0.25) is 0 Å². The molecule has 0 saturated carbocycles. The Morgan fingerprint density at radius 1 is 0.882 bits per heavy atom. The highest BCUT2D eigenvalue weighted by atomic mass is 32.2. The van der Waals surface area contributed by atoms with E-state index in [1.807, 2.05) is 40.9 Å². The summed E-state index contributed by atoms with van der Waals surface area (Å²) in [6.45, 7) is 10.9. The summed E-state index contributed by atoms with van der Waals surface area (Å²) in [6, 6.07) is 16.2. The van der Waals surface area contributed by atoms with Crippen molar-refractivity contribution in [3.63, 3.8) is 0 Å². The maximum absolute atomic E-state index is 13.5. The van der Waals surface area contributed by atoms with Gasteiger partial charge in [-0.2, -0.15) is 0 Å². The molecule has 2 aromatic rings. The molecule has 2 heterocycles. The van der Waals surface area contributed by atoms with Crippen LogP contribution in [0.4, 0.5) is 0 Å². The third-order valence-electron chi connectivity index (χ3n) is 7.27. The van der Waals surface area contributed by atoms with Crippen molar-refractivity contribution < 1.29 is 9.59 Å². The van der Waals surface area contributed by atoms with Crippen molar-refractivity contribution in [1.29, 1.82) is 0 Å². The van der Waals surface area contributed by atoms with E-state index in [0.717, 1.165) is 42.7 Å². The first-order valence-electron chi connectivity index (χ1n) is 12.7. The molecule has 2 aliphatic heterocycles. The normalized spacial score (nSPS) is 17.9. The van der Waals surface area contributed by atoms with Gasteiger partial charge in [-0.15, -0.1) is 11.8 Å². The molecule has 0 bridgehead atoms. The zero-order valence-corrected chi connectivity index (χ0v) is 21.9. The first-order valence-corrected chi connectivity index (χ1v) is 13.7. The predicted octanol–water partition coefficient (Wildman–Crippen LogP) is 6.15. The van der Waals surface area contributed by atoms with Crippen LogP contribution < -0.4 is 0 Å². The van der Waals surface area contributed by atoms with Gasteiger partial charge < -0.3 is 9.80 Å². The van der Waals surface area contributed by atoms with Gasteiger partial charge in [-0.1, -0.05) is 58.4 Å². The maximum Gasteiger partial charge on any atom is 0.254 e. The van der Waals surface area contributed by atoms with Crippen LogP contribution in [0, 0.1) is 0 Å². The number of aryl methyl sites for hydroxylation is 1. The highest BCUT2D eigenvalue weighted by molar-refractivity contribution is 8.00. The van der Waals surface area contributed by atoms with Crippen molar-refractivity contribution in [2.75, 3.05) is 25.4 Å². The fraction of sp³-hybridized carbons (Fsp3) is 0.517. The van der Waals surface area contributed by atoms with Gasteiger partial charge in [-0.25, -0.2) is 0 Å². The van der Waals surface area contributed by atoms with Crippen molar-refractivity contribution in [2.45, 2.75) is 70.1 Å². The number of carbonyl (C=O) groups excluding carboxylic acids is 2. The van der Waals surface area contributed by atoms with Crippen LogP contribution in [0.1, 0.15) is 85.2 Å². The lowest BCUT2D eigenvalue weighted by Gasteiger charge is -2.44. The van der Waals surface area contributed by atoms with Crippen molar-refractivity contribution in [1.82, 2.24) is 9.80 Å². The predicted molar refractivity (Wildman–Crippen MR) is 142 cm³/mol. The molecule has 182 valence electrons. The Hall–Kier alpha value is -2.27. The Bertz CT molecular complexity index is 1000. The third-order valence-corrected chi connectivity index (χ3v) is 8.83. The van der Waals surface area contributed by atoms with Crippen LogP contribution in [0.15, 0.2) is 48.5 Å². The monoisotopic (exact) mass is 478 g/mol. The number of unbranched alkanes of at least 4 members (excludes halogenated alkanes) is 1. The van der Waals surface area contributed by atoms with Gasteiger partial charge in [-0.3, -0.25) is 9.59 Å². The molecule has 0 atom stereocenters. The highest BCUT2D eigenvalue weighted by Gasteiger charge is 2.47. The van der Waals surface area contributed by atoms with Crippen LogP contribution in [0.5, 0.6) is 0 Å². The van der Waals surface area contributed by atoms with Gasteiger partial charge >= 0.3 is 0 Å². The number of carbonyl (C=O) groups is 2. The largest absolute Gasteiger partial charge is 0.338 e. The summed E-state index contributed by atoms with van der Waals surface area (Å²) in [4.78, 5) is 30.4. The van der Waals surface area contributed by atoms with Crippen LogP contribution in [0.2, 0.25) is 0 Å². The molecule has 34 heavy (non-hydrogen) atoms. The number of likely N-dealkylation sites (tertiary alicyclic amines) is 1. The van der Waals surface area contributed by atoms with Crippen molar-refractivity contribution in [2.24, 2.45) is 0 Å². The van der Waals surface area contributed by atoms with E-state index in [1.165, 1.54) is 24.0 Å². The molecule has 2 saturated heterocycles. The molecule has 4 nitrogen and oxygen atoms in total.